The number of aromatic nitrogens is 1. The lowest BCUT2D eigenvalue weighted by molar-refractivity contribution is 0.182. The number of hydrogen-bond donors (Lipinski definition) is 1. The van der Waals surface area contributed by atoms with Crippen LogP contribution in [0.25, 0.3) is 10.6 Å². The predicted octanol–water partition coefficient (Wildman–Crippen LogP) is 4.10. The zero-order valence-electron chi connectivity index (χ0n) is 13.1. The summed E-state index contributed by atoms with van der Waals surface area (Å²) in [5, 5.41) is 0.405. The van der Waals surface area contributed by atoms with E-state index in [9.17, 15) is 8.78 Å². The second kappa shape index (κ2) is 9.63. The monoisotopic (exact) mass is 395 g/mol. The molecule has 3 nitrogen and oxygen atoms in total. The van der Waals surface area contributed by atoms with Crippen molar-refractivity contribution in [2.45, 2.75) is 19.4 Å². The second-order valence-corrected chi connectivity index (χ2v) is 6.80. The van der Waals surface area contributed by atoms with Crippen LogP contribution >= 0.6 is 36.2 Å². The quantitative estimate of drug-likeness (QED) is 0.846. The fourth-order valence-corrected chi connectivity index (χ4v) is 3.80. The van der Waals surface area contributed by atoms with Crippen LogP contribution < -0.4 is 5.73 Å². The van der Waals surface area contributed by atoms with E-state index in [1.165, 1.54) is 29.5 Å². The van der Waals surface area contributed by atoms with E-state index in [-0.39, 0.29) is 30.4 Å². The normalized spacial score (nSPS) is 15.6. The highest BCUT2D eigenvalue weighted by Gasteiger charge is 2.20. The van der Waals surface area contributed by atoms with Gasteiger partial charge in [0.25, 0.3) is 0 Å². The van der Waals surface area contributed by atoms with E-state index in [2.05, 4.69) is 9.88 Å². The molecule has 0 radical (unpaired) electrons. The molecule has 0 bridgehead atoms. The maximum atomic E-state index is 13.8. The van der Waals surface area contributed by atoms with Crippen molar-refractivity contribution in [3.63, 3.8) is 0 Å². The number of piperidine rings is 1. The Labute approximate surface area is 157 Å². The molecule has 0 atom stereocenters. The van der Waals surface area contributed by atoms with E-state index in [1.54, 1.807) is 6.20 Å². The number of rotatable bonds is 4. The van der Waals surface area contributed by atoms with Crippen LogP contribution in [0, 0.1) is 17.6 Å². The molecule has 0 aliphatic carbocycles. The molecular formula is C16H21Cl2F2N3S. The molecule has 1 saturated heterocycles. The average Bonchev–Trinajstić information content (AvgIpc) is 2.96. The number of halogens is 4. The van der Waals surface area contributed by atoms with Gasteiger partial charge in [-0.1, -0.05) is 6.07 Å². The van der Waals surface area contributed by atoms with Crippen LogP contribution in [-0.4, -0.2) is 29.5 Å². The van der Waals surface area contributed by atoms with E-state index < -0.39 is 11.6 Å². The Hall–Kier alpha value is -0.790. The molecule has 24 heavy (non-hydrogen) atoms. The van der Waals surface area contributed by atoms with Crippen LogP contribution in [0.4, 0.5) is 8.78 Å². The zero-order valence-corrected chi connectivity index (χ0v) is 15.5. The second-order valence-electron chi connectivity index (χ2n) is 5.68. The molecule has 2 N–H and O–H groups in total. The van der Waals surface area contributed by atoms with Crippen molar-refractivity contribution in [3.05, 3.63) is 40.9 Å². The van der Waals surface area contributed by atoms with Gasteiger partial charge in [-0.05, 0) is 50.5 Å². The SMILES string of the molecule is Cl.Cl.NCC1CCN(Cc2cnc(-c3c(F)cccc3F)s2)CC1. The molecule has 2 aromatic rings. The van der Waals surface area contributed by atoms with Gasteiger partial charge in [0.05, 0.1) is 5.56 Å². The molecule has 0 spiro atoms. The van der Waals surface area contributed by atoms with Gasteiger partial charge in [0.1, 0.15) is 16.6 Å². The van der Waals surface area contributed by atoms with Gasteiger partial charge in [0, 0.05) is 17.6 Å². The number of nitrogens with two attached hydrogens (primary N) is 1. The first-order valence-electron chi connectivity index (χ1n) is 7.49. The average molecular weight is 396 g/mol. The van der Waals surface area contributed by atoms with Crippen LogP contribution in [-0.2, 0) is 6.54 Å². The standard InChI is InChI=1S/C16H19F2N3S.2ClH/c17-13-2-1-3-14(18)15(13)16-20-9-12(22-16)10-21-6-4-11(8-19)5-7-21;;/h1-3,9,11H,4-8,10,19H2;2*1H. The summed E-state index contributed by atoms with van der Waals surface area (Å²) in [4.78, 5) is 7.58. The molecular weight excluding hydrogens is 375 g/mol. The summed E-state index contributed by atoms with van der Waals surface area (Å²) < 4.78 is 27.6. The number of nitrogens with zero attached hydrogens (tertiary/aromatic N) is 2. The van der Waals surface area contributed by atoms with E-state index in [1.807, 2.05) is 0 Å². The van der Waals surface area contributed by atoms with E-state index >= 15 is 0 Å². The van der Waals surface area contributed by atoms with Crippen LogP contribution in [0.15, 0.2) is 24.4 Å². The summed E-state index contributed by atoms with van der Waals surface area (Å²) in [5.41, 5.74) is 5.67. The molecule has 1 fully saturated rings. The molecule has 0 saturated carbocycles. The minimum atomic E-state index is -0.565. The molecule has 134 valence electrons. The highest BCUT2D eigenvalue weighted by atomic mass is 35.5. The van der Waals surface area contributed by atoms with Gasteiger partial charge in [-0.3, -0.25) is 4.90 Å². The minimum Gasteiger partial charge on any atom is -0.330 e. The summed E-state index contributed by atoms with van der Waals surface area (Å²) in [6.45, 7) is 3.57. The lowest BCUT2D eigenvalue weighted by Gasteiger charge is -2.30. The number of likely N-dealkylation sites (tertiary alicyclic amines) is 1. The topological polar surface area (TPSA) is 42.1 Å². The highest BCUT2D eigenvalue weighted by Crippen LogP contribution is 2.30. The van der Waals surface area contributed by atoms with E-state index in [0.717, 1.165) is 43.9 Å². The van der Waals surface area contributed by atoms with E-state index in [0.29, 0.717) is 10.9 Å². The van der Waals surface area contributed by atoms with Crippen molar-refractivity contribution in [2.75, 3.05) is 19.6 Å². The third-order valence-electron chi connectivity index (χ3n) is 4.15. The van der Waals surface area contributed by atoms with Crippen LogP contribution in [0.5, 0.6) is 0 Å². The first kappa shape index (κ1) is 21.3. The molecule has 0 unspecified atom stereocenters. The third kappa shape index (κ3) is 4.86. The Morgan fingerprint density at radius 3 is 2.38 bits per heavy atom. The Bertz CT molecular complexity index is 626. The smallest absolute Gasteiger partial charge is 0.136 e. The number of thiazole rings is 1. The van der Waals surface area contributed by atoms with Crippen molar-refractivity contribution in [1.29, 1.82) is 0 Å². The Morgan fingerprint density at radius 1 is 1.17 bits per heavy atom. The van der Waals surface area contributed by atoms with Crippen molar-refractivity contribution >= 4 is 36.2 Å². The summed E-state index contributed by atoms with van der Waals surface area (Å²) >= 11 is 1.36. The fourth-order valence-electron chi connectivity index (χ4n) is 2.80. The molecule has 1 aliphatic rings. The molecule has 3 rings (SSSR count). The lowest BCUT2D eigenvalue weighted by Crippen LogP contribution is -2.35. The van der Waals surface area contributed by atoms with Crippen molar-refractivity contribution in [2.24, 2.45) is 11.7 Å². The number of benzene rings is 1. The van der Waals surface area contributed by atoms with Crippen molar-refractivity contribution < 1.29 is 8.78 Å². The van der Waals surface area contributed by atoms with Crippen molar-refractivity contribution in [1.82, 2.24) is 9.88 Å². The first-order valence-corrected chi connectivity index (χ1v) is 8.30. The van der Waals surface area contributed by atoms with Gasteiger partial charge in [-0.25, -0.2) is 13.8 Å². The maximum Gasteiger partial charge on any atom is 0.136 e. The van der Waals surface area contributed by atoms with Crippen LogP contribution in [0.1, 0.15) is 17.7 Å². The van der Waals surface area contributed by atoms with Crippen molar-refractivity contribution in [3.8, 4) is 10.6 Å². The molecule has 1 aromatic carbocycles. The fraction of sp³-hybridized carbons (Fsp3) is 0.438. The van der Waals surface area contributed by atoms with E-state index in [4.69, 9.17) is 5.73 Å². The van der Waals surface area contributed by atoms with Gasteiger partial charge in [-0.15, -0.1) is 36.2 Å². The molecule has 1 aromatic heterocycles. The lowest BCUT2D eigenvalue weighted by atomic mass is 9.97. The van der Waals surface area contributed by atoms with Gasteiger partial charge in [0.2, 0.25) is 0 Å². The summed E-state index contributed by atoms with van der Waals surface area (Å²) in [7, 11) is 0. The van der Waals surface area contributed by atoms with Gasteiger partial charge in [0.15, 0.2) is 0 Å². The zero-order chi connectivity index (χ0) is 15.5. The minimum absolute atomic E-state index is 0. The summed E-state index contributed by atoms with van der Waals surface area (Å²) in [6, 6.07) is 3.89. The molecule has 1 aliphatic heterocycles. The highest BCUT2D eigenvalue weighted by molar-refractivity contribution is 7.15. The molecule has 0 amide bonds. The predicted molar refractivity (Wildman–Crippen MR) is 99.0 cm³/mol. The van der Waals surface area contributed by atoms with Gasteiger partial charge in [-0.2, -0.15) is 0 Å². The number of hydrogen-bond acceptors (Lipinski definition) is 4. The Morgan fingerprint density at radius 2 is 1.79 bits per heavy atom. The molecule has 2 heterocycles. The van der Waals surface area contributed by atoms with Crippen LogP contribution in [0.2, 0.25) is 0 Å². The van der Waals surface area contributed by atoms with Gasteiger partial charge >= 0.3 is 0 Å². The molecule has 8 heteroatoms. The first-order chi connectivity index (χ1) is 10.7. The summed E-state index contributed by atoms with van der Waals surface area (Å²) in [6.07, 6.45) is 3.95. The third-order valence-corrected chi connectivity index (χ3v) is 5.15. The maximum absolute atomic E-state index is 13.8. The Balaban J connectivity index is 0.00000144. The Kier molecular flexibility index (Phi) is 8.53. The van der Waals surface area contributed by atoms with Crippen LogP contribution in [0.3, 0.4) is 0 Å². The largest absolute Gasteiger partial charge is 0.330 e. The van der Waals surface area contributed by atoms with Gasteiger partial charge < -0.3 is 5.73 Å². The summed E-state index contributed by atoms with van der Waals surface area (Å²) in [5.74, 6) is -0.505.